The predicted octanol–water partition coefficient (Wildman–Crippen LogP) is 8.80. The van der Waals surface area contributed by atoms with E-state index in [1.165, 1.54) is 89.9 Å². The first kappa shape index (κ1) is 39.0. The molecule has 0 aromatic rings. The predicted molar refractivity (Wildman–Crippen MR) is 169 cm³/mol. The summed E-state index contributed by atoms with van der Waals surface area (Å²) in [6.45, 7) is 3.78. The Hall–Kier alpha value is -1.04. The molecule has 0 spiro atoms. The van der Waals surface area contributed by atoms with Gasteiger partial charge in [0, 0.05) is 6.42 Å². The maximum atomic E-state index is 12.9. The van der Waals surface area contributed by atoms with Crippen molar-refractivity contribution < 1.29 is 24.9 Å². The molecule has 0 bridgehead atoms. The zero-order valence-corrected chi connectivity index (χ0v) is 26.4. The first-order chi connectivity index (χ1) is 19.5. The number of hydrogen-bond acceptors (Lipinski definition) is 5. The molecule has 0 aliphatic rings. The fraction of sp³-hybridized carbons (Fsp3) is 0.886. The number of aliphatic hydroxyl groups is 3. The van der Waals surface area contributed by atoms with Crippen molar-refractivity contribution in [2.45, 2.75) is 187 Å². The molecule has 0 heterocycles. The van der Waals surface area contributed by atoms with Crippen LogP contribution < -0.4 is 0 Å². The monoisotopic (exact) mass is 566 g/mol. The van der Waals surface area contributed by atoms with Crippen LogP contribution in [0.2, 0.25) is 0 Å². The topological polar surface area (TPSA) is 94.8 Å². The molecular formula is C35H66O5. The van der Waals surface area contributed by atoms with Crippen LogP contribution in [0.3, 0.4) is 0 Å². The zero-order chi connectivity index (χ0) is 29.7. The van der Waals surface area contributed by atoms with Crippen molar-refractivity contribution in [3.8, 4) is 0 Å². The van der Waals surface area contributed by atoms with Gasteiger partial charge >= 0.3 is 0 Å². The molecule has 3 atom stereocenters. The molecule has 0 saturated heterocycles. The average Bonchev–Trinajstić information content (AvgIpc) is 2.96. The highest BCUT2D eigenvalue weighted by Crippen LogP contribution is 2.20. The minimum Gasteiger partial charge on any atom is -0.394 e. The SMILES string of the molecule is CCCCCC/C=C\CCCCCCC(C(=O)CCCCCCCCCCCCCCC)C(=O)C(O)C(O)CO. The molecule has 0 aromatic carbocycles. The first-order valence-corrected chi connectivity index (χ1v) is 17.2. The number of unbranched alkanes of at least 4 members (excludes halogenated alkanes) is 20. The van der Waals surface area contributed by atoms with Crippen LogP contribution in [-0.4, -0.2) is 45.7 Å². The molecule has 0 aliphatic carbocycles. The summed E-state index contributed by atoms with van der Waals surface area (Å²) in [6, 6.07) is 0. The van der Waals surface area contributed by atoms with E-state index in [0.717, 1.165) is 57.8 Å². The second kappa shape index (κ2) is 29.5. The average molecular weight is 567 g/mol. The molecule has 0 aliphatic heterocycles. The van der Waals surface area contributed by atoms with Gasteiger partial charge in [0.2, 0.25) is 0 Å². The highest BCUT2D eigenvalue weighted by atomic mass is 16.4. The van der Waals surface area contributed by atoms with E-state index in [4.69, 9.17) is 5.11 Å². The van der Waals surface area contributed by atoms with E-state index in [1.54, 1.807) is 0 Å². The van der Waals surface area contributed by atoms with E-state index in [-0.39, 0.29) is 5.78 Å². The molecule has 5 nitrogen and oxygen atoms in total. The molecule has 40 heavy (non-hydrogen) atoms. The third kappa shape index (κ3) is 22.6. The molecule has 236 valence electrons. The fourth-order valence-corrected chi connectivity index (χ4v) is 5.34. The van der Waals surface area contributed by atoms with Gasteiger partial charge in [-0.3, -0.25) is 9.59 Å². The fourth-order valence-electron chi connectivity index (χ4n) is 5.34. The number of carbonyl (C=O) groups is 2. The van der Waals surface area contributed by atoms with Gasteiger partial charge in [-0.05, 0) is 38.5 Å². The molecule has 0 saturated carbocycles. The number of aliphatic hydroxyl groups excluding tert-OH is 3. The van der Waals surface area contributed by atoms with E-state index in [1.807, 2.05) is 0 Å². The van der Waals surface area contributed by atoms with Gasteiger partial charge in [-0.15, -0.1) is 0 Å². The van der Waals surface area contributed by atoms with Gasteiger partial charge in [0.1, 0.15) is 18.0 Å². The van der Waals surface area contributed by atoms with Crippen LogP contribution in [0, 0.1) is 5.92 Å². The van der Waals surface area contributed by atoms with Crippen molar-refractivity contribution in [1.29, 1.82) is 0 Å². The van der Waals surface area contributed by atoms with E-state index in [9.17, 15) is 19.8 Å². The molecular weight excluding hydrogens is 500 g/mol. The molecule has 0 rings (SSSR count). The third-order valence-corrected chi connectivity index (χ3v) is 8.11. The van der Waals surface area contributed by atoms with E-state index in [2.05, 4.69) is 26.0 Å². The first-order valence-electron chi connectivity index (χ1n) is 17.2. The lowest BCUT2D eigenvalue weighted by Crippen LogP contribution is -2.42. The highest BCUT2D eigenvalue weighted by molar-refractivity contribution is 6.04. The maximum absolute atomic E-state index is 12.9. The Kier molecular flexibility index (Phi) is 28.7. The van der Waals surface area contributed by atoms with Gasteiger partial charge in [-0.2, -0.15) is 0 Å². The summed E-state index contributed by atoms with van der Waals surface area (Å²) in [5, 5.41) is 29.1. The van der Waals surface area contributed by atoms with Crippen molar-refractivity contribution in [2.75, 3.05) is 6.61 Å². The van der Waals surface area contributed by atoms with Crippen LogP contribution >= 0.6 is 0 Å². The molecule has 5 heteroatoms. The molecule has 3 N–H and O–H groups in total. The van der Waals surface area contributed by atoms with Crippen LogP contribution in [0.25, 0.3) is 0 Å². The quantitative estimate of drug-likeness (QED) is 0.0443. The number of hydrogen-bond donors (Lipinski definition) is 3. The van der Waals surface area contributed by atoms with Crippen LogP contribution in [0.15, 0.2) is 12.2 Å². The van der Waals surface area contributed by atoms with Crippen molar-refractivity contribution >= 4 is 11.6 Å². The number of allylic oxidation sites excluding steroid dienone is 2. The van der Waals surface area contributed by atoms with Gasteiger partial charge in [0.05, 0.1) is 12.5 Å². The lowest BCUT2D eigenvalue weighted by Gasteiger charge is -2.21. The summed E-state index contributed by atoms with van der Waals surface area (Å²) in [5.74, 6) is -1.63. The smallest absolute Gasteiger partial charge is 0.174 e. The van der Waals surface area contributed by atoms with Gasteiger partial charge in [-0.1, -0.05) is 142 Å². The molecule has 0 amide bonds. The number of carbonyl (C=O) groups excluding carboxylic acids is 2. The Morgan fingerprint density at radius 3 is 1.45 bits per heavy atom. The van der Waals surface area contributed by atoms with Crippen molar-refractivity contribution in [1.82, 2.24) is 0 Å². The second-order valence-electron chi connectivity index (χ2n) is 11.9. The number of Topliss-reactive ketones (excluding diaryl/α,β-unsaturated/α-hetero) is 2. The Labute approximate surface area is 247 Å². The summed E-state index contributed by atoms with van der Waals surface area (Å²) >= 11 is 0. The van der Waals surface area contributed by atoms with E-state index >= 15 is 0 Å². The summed E-state index contributed by atoms with van der Waals surface area (Å²) in [5.41, 5.74) is 0. The van der Waals surface area contributed by atoms with Gasteiger partial charge in [0.25, 0.3) is 0 Å². The molecule has 0 aromatic heterocycles. The van der Waals surface area contributed by atoms with E-state index < -0.39 is 30.5 Å². The Balaban J connectivity index is 4.20. The highest BCUT2D eigenvalue weighted by Gasteiger charge is 2.33. The van der Waals surface area contributed by atoms with Crippen LogP contribution in [0.1, 0.15) is 174 Å². The lowest BCUT2D eigenvalue weighted by molar-refractivity contribution is -0.144. The van der Waals surface area contributed by atoms with Crippen LogP contribution in [-0.2, 0) is 9.59 Å². The van der Waals surface area contributed by atoms with E-state index in [0.29, 0.717) is 12.8 Å². The normalized spacial score (nSPS) is 14.0. The summed E-state index contributed by atoms with van der Waals surface area (Å²) < 4.78 is 0. The standard InChI is InChI=1S/C35H66O5/c1-3-5-7-9-11-13-15-17-19-21-23-25-27-29-32(37)31(34(39)35(40)33(38)30-36)28-26-24-22-20-18-16-14-12-10-8-6-4-2/h14,16,31,33,35-36,38,40H,3-13,15,17-30H2,1-2H3/b16-14-. The maximum Gasteiger partial charge on any atom is 0.174 e. The Bertz CT molecular complexity index is 603. The van der Waals surface area contributed by atoms with Crippen molar-refractivity contribution in [2.24, 2.45) is 5.92 Å². The van der Waals surface area contributed by atoms with Crippen LogP contribution in [0.5, 0.6) is 0 Å². The van der Waals surface area contributed by atoms with Crippen molar-refractivity contribution in [3.63, 3.8) is 0 Å². The second-order valence-corrected chi connectivity index (χ2v) is 11.9. The minimum atomic E-state index is -1.70. The summed E-state index contributed by atoms with van der Waals surface area (Å²) in [4.78, 5) is 25.7. The summed E-state index contributed by atoms with van der Waals surface area (Å²) in [7, 11) is 0. The molecule has 3 unspecified atom stereocenters. The number of rotatable bonds is 31. The summed E-state index contributed by atoms with van der Waals surface area (Å²) in [6.07, 6.45) is 29.4. The van der Waals surface area contributed by atoms with Gasteiger partial charge in [0.15, 0.2) is 5.78 Å². The third-order valence-electron chi connectivity index (χ3n) is 8.11. The lowest BCUT2D eigenvalue weighted by atomic mass is 9.86. The number of ketones is 2. The zero-order valence-electron chi connectivity index (χ0n) is 26.4. The molecule has 0 radical (unpaired) electrons. The minimum absolute atomic E-state index is 0.122. The van der Waals surface area contributed by atoms with Crippen LogP contribution in [0.4, 0.5) is 0 Å². The largest absolute Gasteiger partial charge is 0.394 e. The van der Waals surface area contributed by atoms with Gasteiger partial charge in [-0.25, -0.2) is 0 Å². The Morgan fingerprint density at radius 2 is 0.975 bits per heavy atom. The van der Waals surface area contributed by atoms with Crippen molar-refractivity contribution in [3.05, 3.63) is 12.2 Å². The molecule has 0 fully saturated rings. The Morgan fingerprint density at radius 1 is 0.575 bits per heavy atom. The van der Waals surface area contributed by atoms with Gasteiger partial charge < -0.3 is 15.3 Å².